The van der Waals surface area contributed by atoms with Gasteiger partial charge in [0, 0.05) is 0 Å². The molecule has 0 aromatic rings. The summed E-state index contributed by atoms with van der Waals surface area (Å²) in [4.78, 5) is 44.4. The summed E-state index contributed by atoms with van der Waals surface area (Å²) < 4.78 is 0. The summed E-state index contributed by atoms with van der Waals surface area (Å²) in [7, 11) is 0. The third-order valence-corrected chi connectivity index (χ3v) is 2.60. The Morgan fingerprint density at radius 2 is 1.26 bits per heavy atom. The van der Waals surface area contributed by atoms with E-state index in [1.54, 1.807) is 6.92 Å². The lowest BCUT2D eigenvalue weighted by Crippen LogP contribution is -2.50. The van der Waals surface area contributed by atoms with Crippen LogP contribution in [0, 0.1) is 5.41 Å². The molecule has 0 saturated carbocycles. The Bertz CT molecular complexity index is 423. The lowest BCUT2D eigenvalue weighted by Gasteiger charge is -2.22. The molecule has 0 fully saturated rings. The molecule has 0 bridgehead atoms. The summed E-state index contributed by atoms with van der Waals surface area (Å²) in [6.07, 6.45) is 0.495. The second-order valence-electron chi connectivity index (χ2n) is 3.88. The molecular formula is C11H14O8. The van der Waals surface area contributed by atoms with Gasteiger partial charge >= 0.3 is 23.9 Å². The van der Waals surface area contributed by atoms with Crippen LogP contribution in [0.1, 0.15) is 26.7 Å². The standard InChI is InChI=1S/C11H14O8/c1-3-4-5(2)6(7(12)13)11(8(14)15,9(16)17)10(18)19/h3-4H2,1-2H3,(H,12,13)(H,14,15)(H,16,17)(H,18,19). The van der Waals surface area contributed by atoms with E-state index in [1.807, 2.05) is 0 Å². The first-order valence-electron chi connectivity index (χ1n) is 5.27. The van der Waals surface area contributed by atoms with Crippen molar-refractivity contribution in [3.8, 4) is 0 Å². The second kappa shape index (κ2) is 5.98. The van der Waals surface area contributed by atoms with Crippen LogP contribution in [0.3, 0.4) is 0 Å². The first kappa shape index (κ1) is 16.6. The third-order valence-electron chi connectivity index (χ3n) is 2.60. The Labute approximate surface area is 108 Å². The van der Waals surface area contributed by atoms with Gasteiger partial charge in [-0.15, -0.1) is 0 Å². The lowest BCUT2D eigenvalue weighted by atomic mass is 9.77. The van der Waals surface area contributed by atoms with E-state index in [0.717, 1.165) is 0 Å². The van der Waals surface area contributed by atoms with Gasteiger partial charge in [-0.25, -0.2) is 19.2 Å². The summed E-state index contributed by atoms with van der Waals surface area (Å²) in [6.45, 7) is 2.86. The Kier molecular flexibility index (Phi) is 5.23. The fraction of sp³-hybridized carbons (Fsp3) is 0.455. The summed E-state index contributed by atoms with van der Waals surface area (Å²) in [6, 6.07) is 0. The highest BCUT2D eigenvalue weighted by atomic mass is 16.4. The van der Waals surface area contributed by atoms with Crippen molar-refractivity contribution in [2.75, 3.05) is 0 Å². The van der Waals surface area contributed by atoms with Crippen LogP contribution >= 0.6 is 0 Å². The van der Waals surface area contributed by atoms with Gasteiger partial charge in [-0.3, -0.25) is 0 Å². The fourth-order valence-corrected chi connectivity index (χ4v) is 1.76. The molecule has 0 aliphatic heterocycles. The SMILES string of the molecule is CCCC(C)=C(C(=O)O)C(C(=O)O)(C(=O)O)C(=O)O. The highest BCUT2D eigenvalue weighted by Crippen LogP contribution is 2.33. The van der Waals surface area contributed by atoms with Crippen LogP contribution in [0.15, 0.2) is 11.1 Å². The molecular weight excluding hydrogens is 260 g/mol. The molecule has 0 amide bonds. The number of carboxylic acids is 4. The van der Waals surface area contributed by atoms with Crippen molar-refractivity contribution < 1.29 is 39.6 Å². The molecule has 0 atom stereocenters. The number of hydrogen-bond acceptors (Lipinski definition) is 4. The number of rotatable bonds is 7. The number of hydrogen-bond donors (Lipinski definition) is 4. The molecule has 0 aromatic heterocycles. The Morgan fingerprint density at radius 3 is 1.47 bits per heavy atom. The van der Waals surface area contributed by atoms with Crippen molar-refractivity contribution in [1.29, 1.82) is 0 Å². The summed E-state index contributed by atoms with van der Waals surface area (Å²) in [5, 5.41) is 35.8. The monoisotopic (exact) mass is 274 g/mol. The van der Waals surface area contributed by atoms with Crippen molar-refractivity contribution in [3.63, 3.8) is 0 Å². The average molecular weight is 274 g/mol. The molecule has 0 aliphatic carbocycles. The van der Waals surface area contributed by atoms with E-state index in [2.05, 4.69) is 0 Å². The maximum absolute atomic E-state index is 11.1. The summed E-state index contributed by atoms with van der Waals surface area (Å²) in [5.74, 6) is -8.63. The summed E-state index contributed by atoms with van der Waals surface area (Å²) >= 11 is 0. The Hall–Kier alpha value is -2.38. The molecule has 19 heavy (non-hydrogen) atoms. The van der Waals surface area contributed by atoms with Gasteiger partial charge < -0.3 is 20.4 Å². The first-order chi connectivity index (χ1) is 8.63. The van der Waals surface area contributed by atoms with Crippen LogP contribution in [-0.2, 0) is 19.2 Å². The van der Waals surface area contributed by atoms with Gasteiger partial charge in [0.15, 0.2) is 0 Å². The molecule has 0 aliphatic rings. The van der Waals surface area contributed by atoms with Gasteiger partial charge in [0.25, 0.3) is 5.41 Å². The van der Waals surface area contributed by atoms with Gasteiger partial charge in [0.1, 0.15) is 0 Å². The fourth-order valence-electron chi connectivity index (χ4n) is 1.76. The Morgan fingerprint density at radius 1 is 0.895 bits per heavy atom. The molecule has 0 rings (SSSR count). The minimum atomic E-state index is -3.51. The maximum atomic E-state index is 11.1. The third kappa shape index (κ3) is 2.72. The maximum Gasteiger partial charge on any atom is 0.337 e. The van der Waals surface area contributed by atoms with E-state index in [9.17, 15) is 19.2 Å². The van der Waals surface area contributed by atoms with Gasteiger partial charge in [-0.2, -0.15) is 0 Å². The molecule has 0 saturated heterocycles. The predicted octanol–water partition coefficient (Wildman–Crippen LogP) is 0.428. The molecule has 0 heterocycles. The second-order valence-corrected chi connectivity index (χ2v) is 3.88. The number of allylic oxidation sites excluding steroid dienone is 1. The zero-order valence-electron chi connectivity index (χ0n) is 10.3. The van der Waals surface area contributed by atoms with Crippen molar-refractivity contribution >= 4 is 23.9 Å². The van der Waals surface area contributed by atoms with Crippen LogP contribution in [0.2, 0.25) is 0 Å². The van der Waals surface area contributed by atoms with Gasteiger partial charge in [-0.05, 0) is 13.3 Å². The normalized spacial score (nSPS) is 12.5. The summed E-state index contributed by atoms with van der Waals surface area (Å²) in [5.41, 5.74) is -4.74. The van der Waals surface area contributed by atoms with E-state index in [0.29, 0.717) is 6.42 Å². The largest absolute Gasteiger partial charge is 0.480 e. The van der Waals surface area contributed by atoms with Crippen LogP contribution in [0.25, 0.3) is 0 Å². The van der Waals surface area contributed by atoms with E-state index in [4.69, 9.17) is 20.4 Å². The predicted molar refractivity (Wildman–Crippen MR) is 60.6 cm³/mol. The zero-order chi connectivity index (χ0) is 15.4. The molecule has 4 N–H and O–H groups in total. The van der Waals surface area contributed by atoms with E-state index < -0.39 is 34.9 Å². The Balaban J connectivity index is 6.47. The molecule has 106 valence electrons. The average Bonchev–Trinajstić information content (AvgIpc) is 2.23. The van der Waals surface area contributed by atoms with Crippen LogP contribution < -0.4 is 0 Å². The molecule has 0 spiro atoms. The molecule has 0 radical (unpaired) electrons. The van der Waals surface area contributed by atoms with Crippen LogP contribution in [0.5, 0.6) is 0 Å². The van der Waals surface area contributed by atoms with Crippen molar-refractivity contribution in [2.24, 2.45) is 5.41 Å². The van der Waals surface area contributed by atoms with Crippen molar-refractivity contribution in [3.05, 3.63) is 11.1 Å². The minimum Gasteiger partial charge on any atom is -0.480 e. The van der Waals surface area contributed by atoms with Gasteiger partial charge in [0.2, 0.25) is 0 Å². The quantitative estimate of drug-likeness (QED) is 0.385. The number of carbonyl (C=O) groups is 4. The molecule has 8 nitrogen and oxygen atoms in total. The minimum absolute atomic E-state index is 0.0806. The van der Waals surface area contributed by atoms with E-state index >= 15 is 0 Å². The van der Waals surface area contributed by atoms with Crippen molar-refractivity contribution in [2.45, 2.75) is 26.7 Å². The van der Waals surface area contributed by atoms with Crippen LogP contribution in [-0.4, -0.2) is 44.3 Å². The molecule has 8 heteroatoms. The first-order valence-corrected chi connectivity index (χ1v) is 5.27. The van der Waals surface area contributed by atoms with Gasteiger partial charge in [-0.1, -0.05) is 18.9 Å². The zero-order valence-corrected chi connectivity index (χ0v) is 10.3. The van der Waals surface area contributed by atoms with Gasteiger partial charge in [0.05, 0.1) is 5.57 Å². The molecule has 0 aromatic carbocycles. The highest BCUT2D eigenvalue weighted by Gasteiger charge is 2.60. The topological polar surface area (TPSA) is 149 Å². The number of carboxylic acid groups (broad SMARTS) is 4. The molecule has 0 unspecified atom stereocenters. The van der Waals surface area contributed by atoms with Crippen LogP contribution in [0.4, 0.5) is 0 Å². The van der Waals surface area contributed by atoms with E-state index in [1.165, 1.54) is 6.92 Å². The van der Waals surface area contributed by atoms with E-state index in [-0.39, 0.29) is 12.0 Å². The van der Waals surface area contributed by atoms with Crippen molar-refractivity contribution in [1.82, 2.24) is 0 Å². The smallest absolute Gasteiger partial charge is 0.337 e. The number of aliphatic carboxylic acids is 4. The lowest BCUT2D eigenvalue weighted by molar-refractivity contribution is -0.174. The highest BCUT2D eigenvalue weighted by molar-refractivity contribution is 6.24.